The number of carbonyl (C=O) groups excluding carboxylic acids is 1. The molecule has 0 aliphatic heterocycles. The Kier molecular flexibility index (Phi) is 2.59. The van der Waals surface area contributed by atoms with E-state index < -0.39 is 0 Å². The molecule has 0 saturated carbocycles. The minimum Gasteiger partial charge on any atom is -0.352 e. The summed E-state index contributed by atoms with van der Waals surface area (Å²) in [7, 11) is 0. The standard InChI is InChI=1S/C11H15NOS/c1-7-8(2)14-10-5-3-4-9(11(7)10)12-6-13/h6,9H,3-5H2,1-2H3,(H,12,13). The zero-order valence-corrected chi connectivity index (χ0v) is 9.41. The van der Waals surface area contributed by atoms with Gasteiger partial charge < -0.3 is 5.32 Å². The molecule has 1 N–H and O–H groups in total. The molecule has 1 aliphatic rings. The Morgan fingerprint density at radius 1 is 1.50 bits per heavy atom. The lowest BCUT2D eigenvalue weighted by Crippen LogP contribution is -2.23. The van der Waals surface area contributed by atoms with Gasteiger partial charge in [0.25, 0.3) is 0 Å². The van der Waals surface area contributed by atoms with Crippen molar-refractivity contribution in [3.05, 3.63) is 20.9 Å². The topological polar surface area (TPSA) is 29.1 Å². The first-order valence-corrected chi connectivity index (χ1v) is 5.84. The molecule has 1 atom stereocenters. The minimum atomic E-state index is 0.265. The number of thiophene rings is 1. The van der Waals surface area contributed by atoms with E-state index in [-0.39, 0.29) is 6.04 Å². The second-order valence-electron chi connectivity index (χ2n) is 3.85. The molecule has 2 nitrogen and oxygen atoms in total. The normalized spacial score (nSPS) is 20.3. The van der Waals surface area contributed by atoms with Gasteiger partial charge in [0.05, 0.1) is 6.04 Å². The van der Waals surface area contributed by atoms with Gasteiger partial charge in [-0.25, -0.2) is 0 Å². The van der Waals surface area contributed by atoms with Gasteiger partial charge in [-0.3, -0.25) is 4.79 Å². The van der Waals surface area contributed by atoms with Crippen LogP contribution in [0.2, 0.25) is 0 Å². The van der Waals surface area contributed by atoms with Crippen LogP contribution >= 0.6 is 11.3 Å². The van der Waals surface area contributed by atoms with Crippen molar-refractivity contribution < 1.29 is 4.79 Å². The van der Waals surface area contributed by atoms with Gasteiger partial charge in [0.1, 0.15) is 0 Å². The van der Waals surface area contributed by atoms with Crippen molar-refractivity contribution in [2.45, 2.75) is 39.2 Å². The van der Waals surface area contributed by atoms with Crippen LogP contribution in [0.15, 0.2) is 0 Å². The number of aryl methyl sites for hydroxylation is 2. The maximum absolute atomic E-state index is 10.5. The summed E-state index contributed by atoms with van der Waals surface area (Å²) >= 11 is 1.89. The number of hydrogen-bond acceptors (Lipinski definition) is 2. The molecule has 0 radical (unpaired) electrons. The summed E-state index contributed by atoms with van der Waals surface area (Å²) in [4.78, 5) is 13.4. The van der Waals surface area contributed by atoms with Gasteiger partial charge in [0.15, 0.2) is 0 Å². The zero-order chi connectivity index (χ0) is 10.1. The summed E-state index contributed by atoms with van der Waals surface area (Å²) in [5, 5.41) is 2.92. The van der Waals surface area contributed by atoms with E-state index in [1.807, 2.05) is 11.3 Å². The highest BCUT2D eigenvalue weighted by Gasteiger charge is 2.24. The van der Waals surface area contributed by atoms with E-state index in [1.54, 1.807) is 0 Å². The summed E-state index contributed by atoms with van der Waals surface area (Å²) in [6.45, 7) is 4.33. The Balaban J connectivity index is 2.41. The lowest BCUT2D eigenvalue weighted by atomic mass is 9.91. The van der Waals surface area contributed by atoms with Gasteiger partial charge in [-0.15, -0.1) is 11.3 Å². The fourth-order valence-corrected chi connectivity index (χ4v) is 3.50. The van der Waals surface area contributed by atoms with Crippen LogP contribution in [0.1, 0.15) is 39.8 Å². The number of nitrogens with one attached hydrogen (secondary N) is 1. The molecule has 1 aromatic heterocycles. The first kappa shape index (κ1) is 9.71. The molecule has 1 amide bonds. The lowest BCUT2D eigenvalue weighted by molar-refractivity contribution is -0.110. The van der Waals surface area contributed by atoms with Gasteiger partial charge in [0, 0.05) is 9.75 Å². The van der Waals surface area contributed by atoms with E-state index in [4.69, 9.17) is 0 Å². The molecule has 0 fully saturated rings. The molecule has 1 heterocycles. The Bertz CT molecular complexity index is 356. The monoisotopic (exact) mass is 209 g/mol. The van der Waals surface area contributed by atoms with Gasteiger partial charge in [-0.1, -0.05) is 0 Å². The second kappa shape index (κ2) is 3.73. The largest absolute Gasteiger partial charge is 0.352 e. The van der Waals surface area contributed by atoms with Crippen LogP contribution in [0.3, 0.4) is 0 Å². The average Bonchev–Trinajstić information content (AvgIpc) is 2.45. The molecule has 0 spiro atoms. The molecule has 1 unspecified atom stereocenters. The quantitative estimate of drug-likeness (QED) is 0.745. The SMILES string of the molecule is Cc1sc2c(c1C)C(NC=O)CCC2. The summed E-state index contributed by atoms with van der Waals surface area (Å²) < 4.78 is 0. The van der Waals surface area contributed by atoms with Gasteiger partial charge in [-0.05, 0) is 44.2 Å². The van der Waals surface area contributed by atoms with Gasteiger partial charge in [-0.2, -0.15) is 0 Å². The number of fused-ring (bicyclic) bond motifs is 1. The molecule has 76 valence electrons. The molecular formula is C11H15NOS. The Hall–Kier alpha value is -0.830. The van der Waals surface area contributed by atoms with Crippen LogP contribution in [-0.4, -0.2) is 6.41 Å². The summed E-state index contributed by atoms with van der Waals surface area (Å²) in [5.41, 5.74) is 2.77. The molecule has 1 aromatic rings. The Labute approximate surface area is 88.3 Å². The fraction of sp³-hybridized carbons (Fsp3) is 0.545. The van der Waals surface area contributed by atoms with Crippen molar-refractivity contribution in [1.29, 1.82) is 0 Å². The van der Waals surface area contributed by atoms with E-state index in [0.29, 0.717) is 0 Å². The molecule has 1 aliphatic carbocycles. The van der Waals surface area contributed by atoms with Crippen LogP contribution in [0.5, 0.6) is 0 Å². The molecule has 2 rings (SSSR count). The highest BCUT2D eigenvalue weighted by molar-refractivity contribution is 7.12. The van der Waals surface area contributed by atoms with Crippen molar-refractivity contribution >= 4 is 17.7 Å². The fourth-order valence-electron chi connectivity index (χ4n) is 2.22. The average molecular weight is 209 g/mol. The number of hydrogen-bond donors (Lipinski definition) is 1. The Morgan fingerprint density at radius 2 is 2.29 bits per heavy atom. The highest BCUT2D eigenvalue weighted by Crippen LogP contribution is 2.38. The highest BCUT2D eigenvalue weighted by atomic mass is 32.1. The Morgan fingerprint density at radius 3 is 3.00 bits per heavy atom. The maximum Gasteiger partial charge on any atom is 0.207 e. The van der Waals surface area contributed by atoms with E-state index >= 15 is 0 Å². The van der Waals surface area contributed by atoms with E-state index in [0.717, 1.165) is 12.8 Å². The van der Waals surface area contributed by atoms with Crippen LogP contribution in [0.4, 0.5) is 0 Å². The number of carbonyl (C=O) groups is 1. The summed E-state index contributed by atoms with van der Waals surface area (Å²) in [6.07, 6.45) is 4.29. The van der Waals surface area contributed by atoms with E-state index in [1.165, 1.54) is 33.7 Å². The number of rotatable bonds is 2. The van der Waals surface area contributed by atoms with Crippen LogP contribution in [-0.2, 0) is 11.2 Å². The van der Waals surface area contributed by atoms with Crippen molar-refractivity contribution in [2.75, 3.05) is 0 Å². The lowest BCUT2D eigenvalue weighted by Gasteiger charge is -2.22. The third-order valence-corrected chi connectivity index (χ3v) is 4.31. The second-order valence-corrected chi connectivity index (χ2v) is 5.16. The maximum atomic E-state index is 10.5. The van der Waals surface area contributed by atoms with Gasteiger partial charge in [0.2, 0.25) is 6.41 Å². The van der Waals surface area contributed by atoms with Crippen LogP contribution < -0.4 is 5.32 Å². The first-order valence-electron chi connectivity index (χ1n) is 5.02. The van der Waals surface area contributed by atoms with Gasteiger partial charge >= 0.3 is 0 Å². The molecule has 0 bridgehead atoms. The molecule has 0 aromatic carbocycles. The van der Waals surface area contributed by atoms with Crippen LogP contribution in [0, 0.1) is 13.8 Å². The zero-order valence-electron chi connectivity index (χ0n) is 8.59. The predicted octanol–water partition coefficient (Wildman–Crippen LogP) is 2.49. The third-order valence-electron chi connectivity index (χ3n) is 3.02. The van der Waals surface area contributed by atoms with Crippen molar-refractivity contribution in [2.24, 2.45) is 0 Å². The molecule has 3 heteroatoms. The van der Waals surface area contributed by atoms with Crippen molar-refractivity contribution in [3.63, 3.8) is 0 Å². The molecular weight excluding hydrogens is 194 g/mol. The molecule has 0 saturated heterocycles. The van der Waals surface area contributed by atoms with Crippen LogP contribution in [0.25, 0.3) is 0 Å². The van der Waals surface area contributed by atoms with Crippen molar-refractivity contribution in [1.82, 2.24) is 5.32 Å². The van der Waals surface area contributed by atoms with E-state index in [2.05, 4.69) is 19.2 Å². The smallest absolute Gasteiger partial charge is 0.207 e. The van der Waals surface area contributed by atoms with E-state index in [9.17, 15) is 4.79 Å². The predicted molar refractivity (Wildman–Crippen MR) is 58.7 cm³/mol. The first-order chi connectivity index (χ1) is 6.74. The number of amides is 1. The molecule has 14 heavy (non-hydrogen) atoms. The minimum absolute atomic E-state index is 0.265. The van der Waals surface area contributed by atoms with Crippen molar-refractivity contribution in [3.8, 4) is 0 Å². The third kappa shape index (κ3) is 1.46. The summed E-state index contributed by atoms with van der Waals surface area (Å²) in [5.74, 6) is 0. The summed E-state index contributed by atoms with van der Waals surface area (Å²) in [6, 6.07) is 0.265.